The third-order valence-electron chi connectivity index (χ3n) is 6.95. The van der Waals surface area contributed by atoms with Crippen molar-refractivity contribution in [2.24, 2.45) is 0 Å². The van der Waals surface area contributed by atoms with Gasteiger partial charge in [-0.25, -0.2) is 18.2 Å². The molecule has 1 spiro atoms. The van der Waals surface area contributed by atoms with Crippen molar-refractivity contribution in [2.45, 2.75) is 61.4 Å². The predicted molar refractivity (Wildman–Crippen MR) is 127 cm³/mol. The van der Waals surface area contributed by atoms with Crippen LogP contribution in [0.5, 0.6) is 0 Å². The number of fused-ring (bicyclic) bond motifs is 2. The molecule has 2 fully saturated rings. The number of nitrogens with zero attached hydrogens (tertiary/aromatic N) is 4. The number of halogens is 3. The summed E-state index contributed by atoms with van der Waals surface area (Å²) < 4.78 is 67.8. The Hall–Kier alpha value is -2.97. The number of carbonyl (C=O) groups excluding carboxylic acids is 1. The number of carboxylic acid groups (broad SMARTS) is 1. The van der Waals surface area contributed by atoms with Crippen LogP contribution in [0.2, 0.25) is 0 Å². The molecule has 10 nitrogen and oxygen atoms in total. The van der Waals surface area contributed by atoms with Gasteiger partial charge >= 0.3 is 12.1 Å². The lowest BCUT2D eigenvalue weighted by Gasteiger charge is -2.46. The van der Waals surface area contributed by atoms with Crippen LogP contribution in [0.4, 0.5) is 13.2 Å². The molecule has 38 heavy (non-hydrogen) atoms. The zero-order valence-electron chi connectivity index (χ0n) is 20.5. The van der Waals surface area contributed by atoms with Gasteiger partial charge in [-0.2, -0.15) is 17.5 Å². The zero-order valence-corrected chi connectivity index (χ0v) is 21.3. The summed E-state index contributed by atoms with van der Waals surface area (Å²) in [6, 6.07) is 8.51. The van der Waals surface area contributed by atoms with Gasteiger partial charge in [0.2, 0.25) is 10.0 Å². The number of hydrogen-bond acceptors (Lipinski definition) is 6. The van der Waals surface area contributed by atoms with Gasteiger partial charge in [-0.15, -0.1) is 0 Å². The number of piperidine rings is 2. The van der Waals surface area contributed by atoms with E-state index in [1.807, 2.05) is 15.7 Å². The summed E-state index contributed by atoms with van der Waals surface area (Å²) in [6.07, 6.45) is 2.16. The van der Waals surface area contributed by atoms with E-state index >= 15 is 0 Å². The van der Waals surface area contributed by atoms with Crippen molar-refractivity contribution in [2.75, 3.05) is 26.2 Å². The molecule has 2 aromatic rings. The molecule has 0 saturated carbocycles. The Morgan fingerprint density at radius 3 is 2.21 bits per heavy atom. The molecule has 14 heteroatoms. The molecule has 0 bridgehead atoms. The number of aliphatic carboxylic acids is 1. The fourth-order valence-electron chi connectivity index (χ4n) is 5.01. The Morgan fingerprint density at radius 1 is 1.03 bits per heavy atom. The highest BCUT2D eigenvalue weighted by Gasteiger charge is 2.49. The molecule has 1 aromatic carbocycles. The molecular weight excluding hydrogens is 529 g/mol. The number of sulfonamides is 1. The number of rotatable bonds is 3. The Morgan fingerprint density at radius 2 is 1.63 bits per heavy atom. The molecule has 3 aliphatic rings. The minimum atomic E-state index is -5.08. The molecule has 0 radical (unpaired) electrons. The summed E-state index contributed by atoms with van der Waals surface area (Å²) in [5.74, 6) is -1.92. The fourth-order valence-corrected chi connectivity index (χ4v) is 6.48. The van der Waals surface area contributed by atoms with Crippen molar-refractivity contribution < 1.29 is 41.0 Å². The van der Waals surface area contributed by atoms with Crippen LogP contribution in [0.3, 0.4) is 0 Å². The van der Waals surface area contributed by atoms with Gasteiger partial charge < -0.3 is 19.3 Å². The molecule has 208 valence electrons. The number of ether oxygens (including phenoxy) is 1. The maximum atomic E-state index is 13.2. The van der Waals surface area contributed by atoms with Crippen LogP contribution in [-0.4, -0.2) is 82.6 Å². The van der Waals surface area contributed by atoms with Gasteiger partial charge in [0, 0.05) is 38.6 Å². The van der Waals surface area contributed by atoms with Crippen LogP contribution in [0.15, 0.2) is 47.6 Å². The number of aromatic nitrogens is 2. The average Bonchev–Trinajstić information content (AvgIpc) is 3.39. The molecule has 5 rings (SSSR count). The van der Waals surface area contributed by atoms with E-state index in [4.69, 9.17) is 14.6 Å². The summed E-state index contributed by atoms with van der Waals surface area (Å²) in [6.45, 7) is 2.68. The number of benzene rings is 1. The van der Waals surface area contributed by atoms with Crippen LogP contribution in [0.25, 0.3) is 0 Å². The second-order valence-electron chi connectivity index (χ2n) is 9.41. The molecule has 4 heterocycles. The second kappa shape index (κ2) is 11.0. The van der Waals surface area contributed by atoms with Crippen LogP contribution < -0.4 is 0 Å². The zero-order chi connectivity index (χ0) is 27.6. The summed E-state index contributed by atoms with van der Waals surface area (Å²) >= 11 is 0. The van der Waals surface area contributed by atoms with E-state index in [-0.39, 0.29) is 5.91 Å². The first-order valence-corrected chi connectivity index (χ1v) is 13.7. The predicted octanol–water partition coefficient (Wildman–Crippen LogP) is 2.61. The number of hydrogen-bond donors (Lipinski definition) is 1. The van der Waals surface area contributed by atoms with E-state index in [9.17, 15) is 26.4 Å². The van der Waals surface area contributed by atoms with Gasteiger partial charge in [0.15, 0.2) is 6.10 Å². The number of imidazole rings is 1. The van der Waals surface area contributed by atoms with Crippen LogP contribution in [0, 0.1) is 0 Å². The topological polar surface area (TPSA) is 122 Å². The molecule has 1 atom stereocenters. The van der Waals surface area contributed by atoms with Crippen molar-refractivity contribution in [3.63, 3.8) is 0 Å². The van der Waals surface area contributed by atoms with Gasteiger partial charge in [-0.3, -0.25) is 4.79 Å². The third-order valence-corrected chi connectivity index (χ3v) is 8.86. The minimum Gasteiger partial charge on any atom is -0.475 e. The monoisotopic (exact) mass is 558 g/mol. The summed E-state index contributed by atoms with van der Waals surface area (Å²) in [7, 11) is -3.55. The highest BCUT2D eigenvalue weighted by molar-refractivity contribution is 7.89. The molecule has 1 unspecified atom stereocenters. The van der Waals surface area contributed by atoms with E-state index in [0.29, 0.717) is 37.4 Å². The lowest BCUT2D eigenvalue weighted by molar-refractivity contribution is -0.192. The molecule has 0 aliphatic carbocycles. The number of alkyl halides is 3. The van der Waals surface area contributed by atoms with Gasteiger partial charge in [0.05, 0.1) is 11.4 Å². The smallest absolute Gasteiger partial charge is 0.475 e. The van der Waals surface area contributed by atoms with Crippen molar-refractivity contribution in [3.05, 3.63) is 48.5 Å². The van der Waals surface area contributed by atoms with Crippen molar-refractivity contribution >= 4 is 21.9 Å². The summed E-state index contributed by atoms with van der Waals surface area (Å²) in [5.41, 5.74) is -0.736. The van der Waals surface area contributed by atoms with Crippen molar-refractivity contribution in [3.8, 4) is 0 Å². The van der Waals surface area contributed by atoms with E-state index in [0.717, 1.165) is 38.2 Å². The SMILES string of the molecule is O=C(C1Cn2ccnc2C2(CCN(S(=O)(=O)c3ccccc3)CC2)O1)N1CCCCC1.O=C(O)C(F)(F)F. The quantitative estimate of drug-likeness (QED) is 0.615. The molecular formula is C24H29F3N4O6S. The number of amides is 1. The summed E-state index contributed by atoms with van der Waals surface area (Å²) in [5, 5.41) is 7.12. The molecule has 2 saturated heterocycles. The third kappa shape index (κ3) is 5.86. The summed E-state index contributed by atoms with van der Waals surface area (Å²) in [4.78, 5) is 28.8. The molecule has 1 amide bonds. The average molecular weight is 559 g/mol. The Kier molecular flexibility index (Phi) is 8.14. The number of likely N-dealkylation sites (tertiary alicyclic amines) is 1. The maximum absolute atomic E-state index is 13.2. The van der Waals surface area contributed by atoms with Gasteiger partial charge in [-0.05, 0) is 44.2 Å². The highest BCUT2D eigenvalue weighted by atomic mass is 32.2. The lowest BCUT2D eigenvalue weighted by Crippen LogP contribution is -2.55. The fraction of sp³-hybridized carbons (Fsp3) is 0.542. The first kappa shape index (κ1) is 28.0. The van der Waals surface area contributed by atoms with E-state index in [1.165, 1.54) is 4.31 Å². The number of carbonyl (C=O) groups is 2. The first-order valence-electron chi connectivity index (χ1n) is 12.3. The Labute approximate surface area is 218 Å². The number of carboxylic acids is 1. The van der Waals surface area contributed by atoms with Gasteiger partial charge in [0.25, 0.3) is 5.91 Å². The van der Waals surface area contributed by atoms with E-state index in [2.05, 4.69) is 4.98 Å². The van der Waals surface area contributed by atoms with E-state index in [1.54, 1.807) is 36.5 Å². The normalized spacial score (nSPS) is 21.8. The Bertz CT molecular complexity index is 1240. The van der Waals surface area contributed by atoms with Gasteiger partial charge in [0.1, 0.15) is 11.4 Å². The maximum Gasteiger partial charge on any atom is 0.490 e. The largest absolute Gasteiger partial charge is 0.490 e. The molecule has 3 aliphatic heterocycles. The molecule has 1 N–H and O–H groups in total. The molecule has 1 aromatic heterocycles. The lowest BCUT2D eigenvalue weighted by atomic mass is 9.89. The highest BCUT2D eigenvalue weighted by Crippen LogP contribution is 2.41. The first-order chi connectivity index (χ1) is 17.9. The van der Waals surface area contributed by atoms with Crippen LogP contribution in [0.1, 0.15) is 37.9 Å². The van der Waals surface area contributed by atoms with Crippen LogP contribution >= 0.6 is 0 Å². The van der Waals surface area contributed by atoms with Crippen molar-refractivity contribution in [1.29, 1.82) is 0 Å². The Balaban J connectivity index is 0.000000426. The van der Waals surface area contributed by atoms with Crippen LogP contribution in [-0.2, 0) is 36.5 Å². The second-order valence-corrected chi connectivity index (χ2v) is 11.3. The van der Waals surface area contributed by atoms with E-state index < -0.39 is 33.9 Å². The minimum absolute atomic E-state index is 0.0396. The van der Waals surface area contributed by atoms with Gasteiger partial charge in [-0.1, -0.05) is 18.2 Å². The standard InChI is InChI=1S/C22H28N4O4S.C2HF3O2/c27-20(24-12-5-2-6-13-24)19-17-25-16-11-23-21(25)22(30-19)9-14-26(15-10-22)31(28,29)18-7-3-1-4-8-18;3-2(4,5)1(6)7/h1,3-4,7-8,11,16,19H,2,5-6,9-10,12-15,17H2;(H,6,7). The van der Waals surface area contributed by atoms with Crippen molar-refractivity contribution in [1.82, 2.24) is 18.8 Å².